The van der Waals surface area contributed by atoms with Crippen molar-refractivity contribution in [2.45, 2.75) is 29.9 Å². The third-order valence-corrected chi connectivity index (χ3v) is 6.92. The number of aliphatic carboxylic acids is 1. The molecule has 3 atom stereocenters. The Labute approximate surface area is 160 Å². The Morgan fingerprint density at radius 1 is 1.30 bits per heavy atom. The number of thiazole rings is 1. The summed E-state index contributed by atoms with van der Waals surface area (Å²) in [6.07, 6.45) is -0.158. The lowest BCUT2D eigenvalue weighted by atomic mass is 10.1. The quantitative estimate of drug-likeness (QED) is 0.586. The predicted molar refractivity (Wildman–Crippen MR) is 100.0 cm³/mol. The molecule has 1 heterocycles. The number of aromatic nitrogens is 1. The first-order valence-corrected chi connectivity index (χ1v) is 10.6. The van der Waals surface area contributed by atoms with Gasteiger partial charge in [0.25, 0.3) is 0 Å². The van der Waals surface area contributed by atoms with Crippen molar-refractivity contribution >= 4 is 33.1 Å². The molecule has 0 amide bonds. The molecule has 0 fully saturated rings. The normalized spacial score (nSPS) is 14.9. The predicted octanol–water partition coefficient (Wildman–Crippen LogP) is 1.19. The van der Waals surface area contributed by atoms with E-state index in [4.69, 9.17) is 10.5 Å². The Morgan fingerprint density at radius 3 is 2.48 bits per heavy atom. The average molecular weight is 412 g/mol. The van der Waals surface area contributed by atoms with Crippen LogP contribution in [0.5, 0.6) is 0 Å². The molecule has 0 spiro atoms. The van der Waals surface area contributed by atoms with E-state index in [-0.39, 0.29) is 18.7 Å². The summed E-state index contributed by atoms with van der Waals surface area (Å²) in [5, 5.41) is 7.44. The lowest BCUT2D eigenvalue weighted by Crippen LogP contribution is -2.46. The minimum absolute atomic E-state index is 0.00254. The van der Waals surface area contributed by atoms with Crippen molar-refractivity contribution in [3.8, 4) is 0 Å². The second kappa shape index (κ2) is 9.07. The summed E-state index contributed by atoms with van der Waals surface area (Å²) < 4.78 is 31.6. The lowest BCUT2D eigenvalue weighted by Gasteiger charge is -2.24. The number of carboxylic acid groups (broad SMARTS) is 1. The van der Waals surface area contributed by atoms with Gasteiger partial charge in [-0.3, -0.25) is 9.59 Å². The summed E-state index contributed by atoms with van der Waals surface area (Å²) in [6.45, 7) is 1.55. The van der Waals surface area contributed by atoms with Crippen molar-refractivity contribution in [3.63, 3.8) is 0 Å². The highest BCUT2D eigenvalue weighted by atomic mass is 32.2. The summed E-state index contributed by atoms with van der Waals surface area (Å²) in [5.41, 5.74) is 7.65. The van der Waals surface area contributed by atoms with Gasteiger partial charge >= 0.3 is 11.9 Å². The third kappa shape index (κ3) is 4.90. The SMILES string of the molecule is CCOC(=O)C(Cc1ccccc1)S(=O)(=O)C(c1cscn1)C(N)C(=O)O. The van der Waals surface area contributed by atoms with Crippen LogP contribution in [0.1, 0.15) is 23.4 Å². The summed E-state index contributed by atoms with van der Waals surface area (Å²) in [4.78, 5) is 27.8. The number of sulfone groups is 1. The van der Waals surface area contributed by atoms with Gasteiger partial charge in [0, 0.05) is 5.38 Å². The number of benzene rings is 1. The highest BCUT2D eigenvalue weighted by molar-refractivity contribution is 7.93. The number of rotatable bonds is 9. The topological polar surface area (TPSA) is 137 Å². The first-order chi connectivity index (χ1) is 12.8. The zero-order valence-corrected chi connectivity index (χ0v) is 16.2. The molecule has 3 unspecified atom stereocenters. The fourth-order valence-electron chi connectivity index (χ4n) is 2.62. The van der Waals surface area contributed by atoms with E-state index in [0.717, 1.165) is 11.3 Å². The number of hydrogen-bond acceptors (Lipinski definition) is 8. The Kier molecular flexibility index (Phi) is 7.05. The molecular weight excluding hydrogens is 392 g/mol. The summed E-state index contributed by atoms with van der Waals surface area (Å²) in [7, 11) is -4.39. The van der Waals surface area contributed by atoms with Crippen molar-refractivity contribution in [1.82, 2.24) is 4.98 Å². The number of ether oxygens (including phenoxy) is 1. The molecule has 2 rings (SSSR count). The van der Waals surface area contributed by atoms with E-state index in [1.54, 1.807) is 37.3 Å². The van der Waals surface area contributed by atoms with Gasteiger partial charge in [0.15, 0.2) is 15.1 Å². The first kappa shape index (κ1) is 21.0. The Bertz CT molecular complexity index is 868. The smallest absolute Gasteiger partial charge is 0.324 e. The van der Waals surface area contributed by atoms with E-state index in [1.165, 1.54) is 10.9 Å². The molecule has 3 N–H and O–H groups in total. The van der Waals surface area contributed by atoms with Crippen molar-refractivity contribution in [3.05, 3.63) is 52.5 Å². The Balaban J connectivity index is 2.51. The molecule has 1 aromatic heterocycles. The minimum atomic E-state index is -4.39. The van der Waals surface area contributed by atoms with Crippen molar-refractivity contribution in [2.24, 2.45) is 5.73 Å². The molecule has 0 bridgehead atoms. The minimum Gasteiger partial charge on any atom is -0.480 e. The number of nitrogens with zero attached hydrogens (tertiary/aromatic N) is 1. The van der Waals surface area contributed by atoms with Crippen molar-refractivity contribution in [2.75, 3.05) is 6.61 Å². The van der Waals surface area contributed by atoms with Crippen LogP contribution in [0.25, 0.3) is 0 Å². The highest BCUT2D eigenvalue weighted by Gasteiger charge is 2.46. The van der Waals surface area contributed by atoms with Gasteiger partial charge in [-0.25, -0.2) is 13.4 Å². The molecule has 8 nitrogen and oxygen atoms in total. The van der Waals surface area contributed by atoms with Crippen LogP contribution >= 0.6 is 11.3 Å². The number of hydrogen-bond donors (Lipinski definition) is 2. The average Bonchev–Trinajstić information content (AvgIpc) is 3.14. The largest absolute Gasteiger partial charge is 0.480 e. The van der Waals surface area contributed by atoms with Gasteiger partial charge in [0.2, 0.25) is 0 Å². The van der Waals surface area contributed by atoms with Crippen molar-refractivity contribution in [1.29, 1.82) is 0 Å². The Morgan fingerprint density at radius 2 is 1.96 bits per heavy atom. The molecule has 1 aromatic carbocycles. The van der Waals surface area contributed by atoms with E-state index in [9.17, 15) is 23.1 Å². The molecule has 0 aliphatic rings. The molecule has 2 aromatic rings. The number of carbonyl (C=O) groups is 2. The maximum atomic E-state index is 13.3. The van der Waals surface area contributed by atoms with Crippen LogP contribution in [0.4, 0.5) is 0 Å². The number of carboxylic acids is 1. The molecule has 0 aliphatic heterocycles. The molecule has 0 radical (unpaired) electrons. The van der Waals surface area contributed by atoms with Crippen LogP contribution in [0.3, 0.4) is 0 Å². The summed E-state index contributed by atoms with van der Waals surface area (Å²) >= 11 is 1.11. The van der Waals surface area contributed by atoms with Gasteiger partial charge in [-0.15, -0.1) is 11.3 Å². The van der Waals surface area contributed by atoms with Gasteiger partial charge in [0.1, 0.15) is 11.3 Å². The number of esters is 1. The number of carbonyl (C=O) groups excluding carboxylic acids is 1. The fourth-order valence-corrected chi connectivity index (χ4v) is 5.40. The summed E-state index contributed by atoms with van der Waals surface area (Å²) in [6, 6.07) is 6.77. The van der Waals surface area contributed by atoms with Crippen LogP contribution in [-0.2, 0) is 30.6 Å². The van der Waals surface area contributed by atoms with Gasteiger partial charge < -0.3 is 15.6 Å². The molecule has 0 aliphatic carbocycles. The molecule has 146 valence electrons. The maximum Gasteiger partial charge on any atom is 0.324 e. The monoisotopic (exact) mass is 412 g/mol. The van der Waals surface area contributed by atoms with Gasteiger partial charge in [-0.2, -0.15) is 0 Å². The molecular formula is C17H20N2O6S2. The van der Waals surface area contributed by atoms with Crippen LogP contribution < -0.4 is 5.73 Å². The van der Waals surface area contributed by atoms with E-state index in [0.29, 0.717) is 5.56 Å². The zero-order valence-electron chi connectivity index (χ0n) is 14.5. The van der Waals surface area contributed by atoms with E-state index in [1.807, 2.05) is 0 Å². The standard InChI is InChI=1S/C17H20N2O6S2/c1-2-25-17(22)13(8-11-6-4-3-5-7-11)27(23,24)15(14(18)16(20)21)12-9-26-10-19-12/h3-7,9-10,13-15H,2,8,18H2,1H3,(H,20,21). The van der Waals surface area contributed by atoms with Crippen LogP contribution in [0.15, 0.2) is 41.2 Å². The van der Waals surface area contributed by atoms with Crippen LogP contribution in [0, 0.1) is 0 Å². The highest BCUT2D eigenvalue weighted by Crippen LogP contribution is 2.31. The summed E-state index contributed by atoms with van der Waals surface area (Å²) in [5.74, 6) is -2.45. The number of nitrogens with two attached hydrogens (primary N) is 1. The fraction of sp³-hybridized carbons (Fsp3) is 0.353. The first-order valence-electron chi connectivity index (χ1n) is 8.08. The van der Waals surface area contributed by atoms with Crippen LogP contribution in [-0.4, -0.2) is 48.3 Å². The lowest BCUT2D eigenvalue weighted by molar-refractivity contribution is -0.143. The zero-order chi connectivity index (χ0) is 20.0. The third-order valence-electron chi connectivity index (χ3n) is 3.92. The van der Waals surface area contributed by atoms with E-state index in [2.05, 4.69) is 4.98 Å². The Hall–Kier alpha value is -2.30. The van der Waals surface area contributed by atoms with E-state index < -0.39 is 38.3 Å². The van der Waals surface area contributed by atoms with E-state index >= 15 is 0 Å². The van der Waals surface area contributed by atoms with Crippen molar-refractivity contribution < 1.29 is 27.9 Å². The molecule has 27 heavy (non-hydrogen) atoms. The van der Waals surface area contributed by atoms with Gasteiger partial charge in [-0.05, 0) is 18.9 Å². The van der Waals surface area contributed by atoms with Gasteiger partial charge in [-0.1, -0.05) is 30.3 Å². The molecule has 0 saturated carbocycles. The van der Waals surface area contributed by atoms with Gasteiger partial charge in [0.05, 0.1) is 17.8 Å². The molecule has 0 saturated heterocycles. The molecule has 10 heteroatoms. The van der Waals surface area contributed by atoms with Crippen LogP contribution in [0.2, 0.25) is 0 Å². The second-order valence-corrected chi connectivity index (χ2v) is 8.69. The second-order valence-electron chi connectivity index (χ2n) is 5.72. The maximum absolute atomic E-state index is 13.3.